The molecule has 0 saturated carbocycles. The van der Waals surface area contributed by atoms with Crippen LogP contribution in [0.15, 0.2) is 0 Å². The molecule has 6 nitrogen and oxygen atoms in total. The minimum atomic E-state index is -2.48. The summed E-state index contributed by atoms with van der Waals surface area (Å²) in [5.74, 6) is 0. The quantitative estimate of drug-likeness (QED) is 0.193. The van der Waals surface area contributed by atoms with Crippen molar-refractivity contribution in [3.05, 3.63) is 0 Å². The lowest BCUT2D eigenvalue weighted by molar-refractivity contribution is 0.0406. The van der Waals surface area contributed by atoms with Gasteiger partial charge in [-0.15, -0.1) is 0 Å². The van der Waals surface area contributed by atoms with Crippen LogP contribution in [0.5, 0.6) is 0 Å². The zero-order chi connectivity index (χ0) is 30.6. The van der Waals surface area contributed by atoms with Gasteiger partial charge in [-0.25, -0.2) is 0 Å². The van der Waals surface area contributed by atoms with Crippen molar-refractivity contribution in [2.75, 3.05) is 13.2 Å². The predicted molar refractivity (Wildman–Crippen MR) is 180 cm³/mol. The number of rotatable bonds is 14. The third-order valence-electron chi connectivity index (χ3n) is 10.0. The van der Waals surface area contributed by atoms with Gasteiger partial charge in [-0.05, 0) is 60.4 Å². The van der Waals surface area contributed by atoms with Gasteiger partial charge in [0.25, 0.3) is 0 Å². The molecule has 2 fully saturated rings. The van der Waals surface area contributed by atoms with E-state index in [1.165, 1.54) is 0 Å². The fourth-order valence-corrected chi connectivity index (χ4v) is 18.0. The van der Waals surface area contributed by atoms with Gasteiger partial charge in [0.05, 0.1) is 37.5 Å². The summed E-state index contributed by atoms with van der Waals surface area (Å²) in [5.41, 5.74) is 0. The van der Waals surface area contributed by atoms with Gasteiger partial charge in [0, 0.05) is 0 Å². The second-order valence-corrected chi connectivity index (χ2v) is 32.2. The van der Waals surface area contributed by atoms with Gasteiger partial charge in [0.1, 0.15) is 0 Å². The van der Waals surface area contributed by atoms with E-state index in [1.807, 2.05) is 0 Å². The summed E-state index contributed by atoms with van der Waals surface area (Å²) in [5, 5.41) is 4.31. The van der Waals surface area contributed by atoms with Crippen molar-refractivity contribution >= 4 is 33.8 Å². The third-order valence-corrected chi connectivity index (χ3v) is 28.4. The van der Waals surface area contributed by atoms with E-state index >= 15 is 0 Å². The van der Waals surface area contributed by atoms with E-state index in [4.69, 9.17) is 21.8 Å². The normalized spacial score (nSPS) is 27.4. The predicted octanol–water partition coefficient (Wildman–Crippen LogP) is 8.70. The van der Waals surface area contributed by atoms with E-state index in [0.717, 1.165) is 49.9 Å². The van der Waals surface area contributed by atoms with Crippen LogP contribution < -0.4 is 5.32 Å². The molecule has 40 heavy (non-hydrogen) atoms. The maximum absolute atomic E-state index is 7.42. The molecule has 0 spiro atoms. The van der Waals surface area contributed by atoms with E-state index in [0.29, 0.717) is 13.2 Å². The molecule has 0 aromatic heterocycles. The van der Waals surface area contributed by atoms with Crippen LogP contribution in [0.1, 0.15) is 94.9 Å². The molecule has 238 valence electrons. The lowest BCUT2D eigenvalue weighted by Crippen LogP contribution is -2.56. The molecule has 0 aliphatic carbocycles. The molecule has 10 heteroatoms. The highest BCUT2D eigenvalue weighted by Gasteiger charge is 2.59. The highest BCUT2D eigenvalue weighted by Crippen LogP contribution is 2.43. The molecule has 0 radical (unpaired) electrons. The standard InChI is InChI=1S/C30H67NO5Si4/c1-15-19-39(20-16-2)34-27-25(23-32-37(11,12)29(5,6)7)31-26(24-33-38(13,14)30(8,9)10)28(27)35-40(36-39,21-17-3)22-18-4/h25-28,31H,15-24H2,1-14H3/t25-,26-,27+,28+/m0/s1. The average molecular weight is 634 g/mol. The molecular weight excluding hydrogens is 567 g/mol. The van der Waals surface area contributed by atoms with Crippen molar-refractivity contribution < 1.29 is 21.8 Å². The zero-order valence-corrected chi connectivity index (χ0v) is 32.9. The fraction of sp³-hybridized carbons (Fsp3) is 1.00. The fourth-order valence-electron chi connectivity index (χ4n) is 5.63. The minimum Gasteiger partial charge on any atom is -0.415 e. The lowest BCUT2D eigenvalue weighted by atomic mass is 10.1. The molecule has 4 atom stereocenters. The van der Waals surface area contributed by atoms with Crippen molar-refractivity contribution in [1.82, 2.24) is 5.32 Å². The second-order valence-electron chi connectivity index (χ2n) is 15.6. The van der Waals surface area contributed by atoms with Gasteiger partial charge in [-0.1, -0.05) is 94.9 Å². The summed E-state index contributed by atoms with van der Waals surface area (Å²) in [6, 6.07) is 4.30. The Labute approximate surface area is 253 Å². The number of hydrogen-bond acceptors (Lipinski definition) is 6. The van der Waals surface area contributed by atoms with E-state index in [9.17, 15) is 0 Å². The molecular formula is C30H67NO5Si4. The summed E-state index contributed by atoms with van der Waals surface area (Å²) >= 11 is 0. The smallest absolute Gasteiger partial charge is 0.329 e. The SMILES string of the molecule is CCC[Si]1(CCC)O[C@H]2[C@H](O[Si](CCC)(CCC)O1)[C@H](CO[Si](C)(C)C(C)(C)C)N[C@H]2CO[Si](C)(C)C(C)(C)C. The van der Waals surface area contributed by atoms with Crippen LogP contribution in [-0.2, 0) is 21.8 Å². The molecule has 2 aliphatic rings. The Kier molecular flexibility index (Phi) is 13.0. The first-order valence-corrected chi connectivity index (χ1v) is 26.7. The Morgan fingerprint density at radius 3 is 1.15 bits per heavy atom. The van der Waals surface area contributed by atoms with Crippen molar-refractivity contribution in [3.63, 3.8) is 0 Å². The van der Waals surface area contributed by atoms with Crippen LogP contribution in [0.3, 0.4) is 0 Å². The molecule has 0 unspecified atom stereocenters. The second kappa shape index (κ2) is 14.2. The van der Waals surface area contributed by atoms with Gasteiger partial charge in [0.15, 0.2) is 16.6 Å². The van der Waals surface area contributed by atoms with Gasteiger partial charge >= 0.3 is 17.1 Å². The van der Waals surface area contributed by atoms with Crippen LogP contribution in [0, 0.1) is 0 Å². The van der Waals surface area contributed by atoms with Gasteiger partial charge < -0.3 is 27.1 Å². The molecule has 0 bridgehead atoms. The molecule has 0 amide bonds. The topological polar surface area (TPSA) is 58.2 Å². The lowest BCUT2D eigenvalue weighted by Gasteiger charge is -2.40. The van der Waals surface area contributed by atoms with Crippen LogP contribution in [-0.4, -0.2) is 71.3 Å². The molecule has 1 N–H and O–H groups in total. The number of nitrogens with one attached hydrogen (secondary N) is 1. The van der Waals surface area contributed by atoms with E-state index in [1.54, 1.807) is 0 Å². The highest BCUT2D eigenvalue weighted by atomic mass is 28.5. The third kappa shape index (κ3) is 8.85. The summed E-state index contributed by atoms with van der Waals surface area (Å²) < 4.78 is 35.9. The summed E-state index contributed by atoms with van der Waals surface area (Å²) in [7, 11) is -8.82. The van der Waals surface area contributed by atoms with Crippen LogP contribution in [0.4, 0.5) is 0 Å². The van der Waals surface area contributed by atoms with E-state index in [2.05, 4.69) is 101 Å². The van der Waals surface area contributed by atoms with Crippen molar-refractivity contribution in [2.45, 2.75) is 180 Å². The maximum atomic E-state index is 7.42. The molecule has 0 aromatic carbocycles. The van der Waals surface area contributed by atoms with Gasteiger partial charge in [-0.2, -0.15) is 0 Å². The molecule has 0 aromatic rings. The molecule has 2 saturated heterocycles. The largest absolute Gasteiger partial charge is 0.415 e. The van der Waals surface area contributed by atoms with Crippen LogP contribution in [0.25, 0.3) is 0 Å². The Morgan fingerprint density at radius 1 is 0.600 bits per heavy atom. The first-order chi connectivity index (χ1) is 18.3. The first-order valence-electron chi connectivity index (χ1n) is 16.4. The summed E-state index contributed by atoms with van der Waals surface area (Å²) in [6.45, 7) is 33.7. The van der Waals surface area contributed by atoms with E-state index < -0.39 is 33.8 Å². The number of hydrogen-bond donors (Lipinski definition) is 1. The Morgan fingerprint density at radius 2 is 0.900 bits per heavy atom. The first kappa shape index (κ1) is 36.8. The van der Waals surface area contributed by atoms with Crippen molar-refractivity contribution in [2.24, 2.45) is 0 Å². The van der Waals surface area contributed by atoms with Crippen molar-refractivity contribution in [1.29, 1.82) is 0 Å². The molecule has 2 rings (SSSR count). The maximum Gasteiger partial charge on any atom is 0.329 e. The average Bonchev–Trinajstić information content (AvgIpc) is 3.03. The van der Waals surface area contributed by atoms with Crippen LogP contribution in [0.2, 0.25) is 60.4 Å². The van der Waals surface area contributed by atoms with Crippen molar-refractivity contribution in [3.8, 4) is 0 Å². The minimum absolute atomic E-state index is 0.0642. The molecule has 2 heterocycles. The number of fused-ring (bicyclic) bond motifs is 1. The Balaban J connectivity index is 2.54. The highest BCUT2D eigenvalue weighted by molar-refractivity contribution is 6.81. The molecule has 2 aliphatic heterocycles. The monoisotopic (exact) mass is 633 g/mol. The van der Waals surface area contributed by atoms with Gasteiger partial charge in [0.2, 0.25) is 0 Å². The summed E-state index contributed by atoms with van der Waals surface area (Å²) in [4.78, 5) is 0. The van der Waals surface area contributed by atoms with Crippen LogP contribution >= 0.6 is 0 Å². The Bertz CT molecular complexity index is 709. The van der Waals surface area contributed by atoms with E-state index in [-0.39, 0.29) is 34.4 Å². The van der Waals surface area contributed by atoms with Gasteiger partial charge in [-0.3, -0.25) is 0 Å². The Hall–Kier alpha value is 0.628. The zero-order valence-electron chi connectivity index (χ0n) is 28.9. The summed E-state index contributed by atoms with van der Waals surface area (Å²) in [6.07, 6.45) is 4.22.